The smallest absolute Gasteiger partial charge is 0.297 e. The number of para-hydroxylation sites is 1. The van der Waals surface area contributed by atoms with Gasteiger partial charge >= 0.3 is 0 Å². The quantitative estimate of drug-likeness (QED) is 0.439. The zero-order chi connectivity index (χ0) is 16.0. The van der Waals surface area contributed by atoms with E-state index in [1.165, 1.54) is 12.1 Å². The zero-order valence-electron chi connectivity index (χ0n) is 12.5. The Balaban J connectivity index is 1.89. The fourth-order valence-electron chi connectivity index (χ4n) is 1.81. The van der Waals surface area contributed by atoms with Crippen LogP contribution in [0.15, 0.2) is 58.3 Å². The second kappa shape index (κ2) is 7.67. The van der Waals surface area contributed by atoms with E-state index in [2.05, 4.69) is 0 Å². The molecule has 22 heavy (non-hydrogen) atoms. The van der Waals surface area contributed by atoms with Crippen LogP contribution >= 0.6 is 11.8 Å². The van der Waals surface area contributed by atoms with Gasteiger partial charge in [-0.3, -0.25) is 4.18 Å². The first-order chi connectivity index (χ1) is 10.5. The molecule has 0 atom stereocenters. The summed E-state index contributed by atoms with van der Waals surface area (Å²) in [6.45, 7) is 2.04. The molecule has 0 aromatic heterocycles. The molecule has 0 aliphatic rings. The molecule has 0 bridgehead atoms. The highest BCUT2D eigenvalue weighted by atomic mass is 32.2. The summed E-state index contributed by atoms with van der Waals surface area (Å²) in [5.41, 5.74) is 0.996. The SMILES string of the molecule is CSc1ccccc1OCCOS(=O)(=O)c1ccc(C)cc1. The summed E-state index contributed by atoms with van der Waals surface area (Å²) in [6.07, 6.45) is 1.96. The van der Waals surface area contributed by atoms with Gasteiger partial charge in [0.25, 0.3) is 10.1 Å². The monoisotopic (exact) mass is 338 g/mol. The Morgan fingerprint density at radius 3 is 2.36 bits per heavy atom. The number of ether oxygens (including phenoxy) is 1. The fourth-order valence-corrected chi connectivity index (χ4v) is 3.24. The Kier molecular flexibility index (Phi) is 5.88. The predicted octanol–water partition coefficient (Wildman–Crippen LogP) is 3.50. The van der Waals surface area contributed by atoms with E-state index in [9.17, 15) is 8.42 Å². The standard InChI is InChI=1S/C16H18O4S2/c1-13-7-9-14(10-8-13)22(17,18)20-12-11-19-15-5-3-4-6-16(15)21-2/h3-10H,11-12H2,1-2H3. The van der Waals surface area contributed by atoms with Crippen LogP contribution in [0.4, 0.5) is 0 Å². The first-order valence-corrected chi connectivity index (χ1v) is 9.38. The molecule has 0 saturated carbocycles. The Morgan fingerprint density at radius 2 is 1.68 bits per heavy atom. The van der Waals surface area contributed by atoms with Crippen molar-refractivity contribution in [2.24, 2.45) is 0 Å². The minimum atomic E-state index is -3.73. The maximum absolute atomic E-state index is 12.0. The molecule has 0 aliphatic carbocycles. The summed E-state index contributed by atoms with van der Waals surface area (Å²) in [6, 6.07) is 14.1. The molecule has 0 radical (unpaired) electrons. The van der Waals surface area contributed by atoms with Crippen LogP contribution in [0.1, 0.15) is 5.56 Å². The molecule has 0 spiro atoms. The minimum Gasteiger partial charge on any atom is -0.490 e. The third kappa shape index (κ3) is 4.50. The summed E-state index contributed by atoms with van der Waals surface area (Å²) in [7, 11) is -3.73. The molecular weight excluding hydrogens is 320 g/mol. The van der Waals surface area contributed by atoms with Crippen LogP contribution in [0, 0.1) is 6.92 Å². The van der Waals surface area contributed by atoms with E-state index in [-0.39, 0.29) is 18.1 Å². The van der Waals surface area contributed by atoms with Crippen LogP contribution < -0.4 is 4.74 Å². The number of hydrogen-bond donors (Lipinski definition) is 0. The molecule has 0 N–H and O–H groups in total. The summed E-state index contributed by atoms with van der Waals surface area (Å²) in [5, 5.41) is 0. The van der Waals surface area contributed by atoms with E-state index in [0.29, 0.717) is 0 Å². The molecule has 0 saturated heterocycles. The van der Waals surface area contributed by atoms with Crippen LogP contribution in [0.5, 0.6) is 5.75 Å². The van der Waals surface area contributed by atoms with Gasteiger partial charge in [-0.15, -0.1) is 11.8 Å². The van der Waals surface area contributed by atoms with Crippen LogP contribution in [0.25, 0.3) is 0 Å². The molecule has 0 fully saturated rings. The minimum absolute atomic E-state index is 0.0288. The first kappa shape index (κ1) is 16.9. The lowest BCUT2D eigenvalue weighted by Crippen LogP contribution is -2.13. The van der Waals surface area contributed by atoms with E-state index in [4.69, 9.17) is 8.92 Å². The highest BCUT2D eigenvalue weighted by Gasteiger charge is 2.14. The lowest BCUT2D eigenvalue weighted by atomic mass is 10.2. The van der Waals surface area contributed by atoms with Crippen molar-refractivity contribution in [2.45, 2.75) is 16.7 Å². The van der Waals surface area contributed by atoms with E-state index < -0.39 is 10.1 Å². The molecule has 2 rings (SSSR count). The number of aryl methyl sites for hydroxylation is 1. The van der Waals surface area contributed by atoms with Gasteiger partial charge < -0.3 is 4.74 Å². The second-order valence-corrected chi connectivity index (χ2v) is 7.05. The van der Waals surface area contributed by atoms with Gasteiger partial charge in [-0.1, -0.05) is 29.8 Å². The van der Waals surface area contributed by atoms with Crippen LogP contribution in [-0.4, -0.2) is 27.9 Å². The van der Waals surface area contributed by atoms with Crippen molar-refractivity contribution < 1.29 is 17.3 Å². The third-order valence-corrected chi connectivity index (χ3v) is 5.06. The van der Waals surface area contributed by atoms with Crippen LogP contribution in [-0.2, 0) is 14.3 Å². The van der Waals surface area contributed by atoms with E-state index in [0.717, 1.165) is 16.2 Å². The molecule has 2 aromatic carbocycles. The van der Waals surface area contributed by atoms with Gasteiger partial charge in [0.2, 0.25) is 0 Å². The molecule has 2 aromatic rings. The summed E-state index contributed by atoms with van der Waals surface area (Å²) < 4.78 is 34.6. The maximum atomic E-state index is 12.0. The lowest BCUT2D eigenvalue weighted by molar-refractivity contribution is 0.218. The number of hydrogen-bond acceptors (Lipinski definition) is 5. The molecule has 118 valence electrons. The van der Waals surface area contributed by atoms with Crippen molar-refractivity contribution in [3.8, 4) is 5.75 Å². The molecule has 0 unspecified atom stereocenters. The van der Waals surface area contributed by atoms with Crippen molar-refractivity contribution in [1.29, 1.82) is 0 Å². The molecule has 0 amide bonds. The van der Waals surface area contributed by atoms with Gasteiger partial charge in [-0.05, 0) is 37.4 Å². The van der Waals surface area contributed by atoms with Gasteiger partial charge in [0.1, 0.15) is 19.0 Å². The average Bonchev–Trinajstić information content (AvgIpc) is 2.52. The van der Waals surface area contributed by atoms with Crippen LogP contribution in [0.2, 0.25) is 0 Å². The molecule has 6 heteroatoms. The van der Waals surface area contributed by atoms with E-state index in [1.807, 2.05) is 37.4 Å². The molecule has 4 nitrogen and oxygen atoms in total. The van der Waals surface area contributed by atoms with E-state index in [1.54, 1.807) is 23.9 Å². The molecule has 0 heterocycles. The highest BCUT2D eigenvalue weighted by molar-refractivity contribution is 7.98. The van der Waals surface area contributed by atoms with Crippen molar-refractivity contribution in [3.63, 3.8) is 0 Å². The number of thioether (sulfide) groups is 1. The van der Waals surface area contributed by atoms with Gasteiger partial charge in [0.15, 0.2) is 0 Å². The molecule has 0 aliphatic heterocycles. The third-order valence-electron chi connectivity index (χ3n) is 2.96. The van der Waals surface area contributed by atoms with Crippen molar-refractivity contribution in [3.05, 3.63) is 54.1 Å². The summed E-state index contributed by atoms with van der Waals surface area (Å²) in [5.74, 6) is 0.728. The van der Waals surface area contributed by atoms with Crippen molar-refractivity contribution in [1.82, 2.24) is 0 Å². The zero-order valence-corrected chi connectivity index (χ0v) is 14.1. The van der Waals surface area contributed by atoms with Crippen molar-refractivity contribution >= 4 is 21.9 Å². The Hall–Kier alpha value is -1.50. The topological polar surface area (TPSA) is 52.6 Å². The summed E-state index contributed by atoms with van der Waals surface area (Å²) >= 11 is 1.57. The Bertz CT molecular complexity index is 709. The molecular formula is C16H18O4S2. The van der Waals surface area contributed by atoms with E-state index >= 15 is 0 Å². The summed E-state index contributed by atoms with van der Waals surface area (Å²) in [4.78, 5) is 1.16. The van der Waals surface area contributed by atoms with Gasteiger partial charge in [-0.25, -0.2) is 0 Å². The van der Waals surface area contributed by atoms with Gasteiger partial charge in [-0.2, -0.15) is 8.42 Å². The lowest BCUT2D eigenvalue weighted by Gasteiger charge is -2.10. The predicted molar refractivity (Wildman–Crippen MR) is 88.0 cm³/mol. The largest absolute Gasteiger partial charge is 0.490 e. The van der Waals surface area contributed by atoms with Crippen molar-refractivity contribution in [2.75, 3.05) is 19.5 Å². The van der Waals surface area contributed by atoms with Crippen LogP contribution in [0.3, 0.4) is 0 Å². The normalized spacial score (nSPS) is 11.4. The second-order valence-electron chi connectivity index (χ2n) is 4.59. The highest BCUT2D eigenvalue weighted by Crippen LogP contribution is 2.26. The fraction of sp³-hybridized carbons (Fsp3) is 0.250. The van der Waals surface area contributed by atoms with Gasteiger partial charge in [0.05, 0.1) is 4.90 Å². The Labute approximate surface area is 135 Å². The maximum Gasteiger partial charge on any atom is 0.297 e. The average molecular weight is 338 g/mol. The van der Waals surface area contributed by atoms with Gasteiger partial charge in [0, 0.05) is 4.90 Å². The Morgan fingerprint density at radius 1 is 1.00 bits per heavy atom. The first-order valence-electron chi connectivity index (χ1n) is 6.75. The number of benzene rings is 2. The number of rotatable bonds is 7.